The first-order valence-electron chi connectivity index (χ1n) is 5.86. The molecule has 0 aromatic rings. The van der Waals surface area contributed by atoms with Crippen LogP contribution >= 0.6 is 0 Å². The molecule has 2 atom stereocenters. The largest absolute Gasteiger partial charge is 0.381 e. The first kappa shape index (κ1) is 13.9. The Morgan fingerprint density at radius 3 is 2.29 bits per heavy atom. The van der Waals surface area contributed by atoms with Crippen molar-refractivity contribution in [1.82, 2.24) is 5.32 Å². The van der Waals surface area contributed by atoms with Gasteiger partial charge >= 0.3 is 0 Å². The third kappa shape index (κ3) is 6.39. The van der Waals surface area contributed by atoms with E-state index in [0.717, 1.165) is 19.1 Å². The van der Waals surface area contributed by atoms with E-state index < -0.39 is 0 Å². The number of hydrogen-bond donors (Lipinski definition) is 1. The second-order valence-corrected chi connectivity index (χ2v) is 4.50. The van der Waals surface area contributed by atoms with Crippen LogP contribution in [0.2, 0.25) is 0 Å². The normalized spacial score (nSPS) is 15.9. The van der Waals surface area contributed by atoms with E-state index in [2.05, 4.69) is 33.0 Å². The molecule has 0 bridgehead atoms. The highest BCUT2D eigenvalue weighted by Crippen LogP contribution is 2.13. The fourth-order valence-corrected chi connectivity index (χ4v) is 1.60. The van der Waals surface area contributed by atoms with Crippen molar-refractivity contribution in [2.75, 3.05) is 20.3 Å². The second-order valence-electron chi connectivity index (χ2n) is 4.50. The average molecular weight is 201 g/mol. The molecule has 2 unspecified atom stereocenters. The lowest BCUT2D eigenvalue weighted by atomic mass is 9.95. The van der Waals surface area contributed by atoms with Gasteiger partial charge in [0.15, 0.2) is 0 Å². The predicted octanol–water partition coefficient (Wildman–Crippen LogP) is 2.68. The fraction of sp³-hybridized carbons (Fsp3) is 1.00. The van der Waals surface area contributed by atoms with E-state index in [4.69, 9.17) is 4.74 Å². The zero-order chi connectivity index (χ0) is 11.0. The average Bonchev–Trinajstić information content (AvgIpc) is 2.16. The van der Waals surface area contributed by atoms with Crippen molar-refractivity contribution >= 4 is 0 Å². The van der Waals surface area contributed by atoms with Gasteiger partial charge in [-0.25, -0.2) is 0 Å². The van der Waals surface area contributed by atoms with Gasteiger partial charge in [-0.05, 0) is 32.2 Å². The summed E-state index contributed by atoms with van der Waals surface area (Å²) in [5.74, 6) is 1.39. The molecular weight excluding hydrogens is 174 g/mol. The first-order valence-corrected chi connectivity index (χ1v) is 5.86. The van der Waals surface area contributed by atoms with Gasteiger partial charge < -0.3 is 10.1 Å². The van der Waals surface area contributed by atoms with E-state index in [9.17, 15) is 0 Å². The molecule has 0 saturated carbocycles. The Balaban J connectivity index is 3.52. The third-order valence-corrected chi connectivity index (χ3v) is 2.77. The summed E-state index contributed by atoms with van der Waals surface area (Å²) in [6, 6.07) is 0.600. The molecule has 0 aliphatic rings. The summed E-state index contributed by atoms with van der Waals surface area (Å²) in [5, 5.41) is 3.31. The number of rotatable bonds is 8. The van der Waals surface area contributed by atoms with Crippen LogP contribution in [0.25, 0.3) is 0 Å². The Morgan fingerprint density at radius 2 is 1.86 bits per heavy atom. The van der Waals surface area contributed by atoms with Crippen molar-refractivity contribution in [3.63, 3.8) is 0 Å². The maximum Gasteiger partial charge on any atom is 0.0488 e. The maximum atomic E-state index is 5.59. The molecule has 0 aromatic heterocycles. The highest BCUT2D eigenvalue weighted by atomic mass is 16.5. The van der Waals surface area contributed by atoms with Crippen LogP contribution in [0.15, 0.2) is 0 Å². The van der Waals surface area contributed by atoms with E-state index in [0.29, 0.717) is 12.0 Å². The lowest BCUT2D eigenvalue weighted by Crippen LogP contribution is -2.31. The van der Waals surface area contributed by atoms with Crippen molar-refractivity contribution in [1.29, 1.82) is 0 Å². The number of ether oxygens (including phenoxy) is 1. The number of nitrogens with one attached hydrogen (secondary N) is 1. The van der Waals surface area contributed by atoms with Crippen LogP contribution in [0.4, 0.5) is 0 Å². The lowest BCUT2D eigenvalue weighted by molar-refractivity contribution is 0.0935. The summed E-state index contributed by atoms with van der Waals surface area (Å²) in [6.45, 7) is 10.7. The van der Waals surface area contributed by atoms with Crippen molar-refractivity contribution in [2.24, 2.45) is 11.8 Å². The zero-order valence-electron chi connectivity index (χ0n) is 10.5. The molecule has 0 heterocycles. The van der Waals surface area contributed by atoms with Gasteiger partial charge in [-0.3, -0.25) is 0 Å². The highest BCUT2D eigenvalue weighted by Gasteiger charge is 2.12. The van der Waals surface area contributed by atoms with Gasteiger partial charge in [0, 0.05) is 19.3 Å². The molecular formula is C12H27NO. The van der Waals surface area contributed by atoms with Crippen LogP contribution in [0.1, 0.15) is 40.5 Å². The number of hydrogen-bond acceptors (Lipinski definition) is 2. The molecule has 0 fully saturated rings. The van der Waals surface area contributed by atoms with E-state index in [-0.39, 0.29) is 0 Å². The van der Waals surface area contributed by atoms with Crippen LogP contribution in [0.5, 0.6) is 0 Å². The molecule has 14 heavy (non-hydrogen) atoms. The first-order chi connectivity index (χ1) is 6.61. The van der Waals surface area contributed by atoms with Crippen molar-refractivity contribution < 1.29 is 4.74 Å². The summed E-state index contributed by atoms with van der Waals surface area (Å²) in [6.07, 6.45) is 2.40. The predicted molar refractivity (Wildman–Crippen MR) is 62.6 cm³/mol. The molecule has 1 N–H and O–H groups in total. The molecule has 0 amide bonds. The quantitative estimate of drug-likeness (QED) is 0.610. The van der Waals surface area contributed by atoms with Crippen molar-refractivity contribution in [3.05, 3.63) is 0 Å². The SMILES string of the molecule is CCC(CCOCC(C)C)C(C)NC. The minimum atomic E-state index is 0.600. The Hall–Kier alpha value is -0.0800. The summed E-state index contributed by atoms with van der Waals surface area (Å²) >= 11 is 0. The monoisotopic (exact) mass is 201 g/mol. The summed E-state index contributed by atoms with van der Waals surface area (Å²) in [4.78, 5) is 0. The molecule has 2 nitrogen and oxygen atoms in total. The lowest BCUT2D eigenvalue weighted by Gasteiger charge is -2.22. The van der Waals surface area contributed by atoms with Crippen LogP contribution in [-0.2, 0) is 4.74 Å². The van der Waals surface area contributed by atoms with Gasteiger partial charge in [0.1, 0.15) is 0 Å². The van der Waals surface area contributed by atoms with Crippen molar-refractivity contribution in [2.45, 2.75) is 46.6 Å². The Kier molecular flexibility index (Phi) is 8.20. The third-order valence-electron chi connectivity index (χ3n) is 2.77. The van der Waals surface area contributed by atoms with Crippen LogP contribution in [-0.4, -0.2) is 26.3 Å². The van der Waals surface area contributed by atoms with Gasteiger partial charge in [-0.15, -0.1) is 0 Å². The molecule has 0 aliphatic carbocycles. The van der Waals surface area contributed by atoms with Gasteiger partial charge in [0.05, 0.1) is 0 Å². The molecule has 2 heteroatoms. The van der Waals surface area contributed by atoms with Gasteiger partial charge in [0.2, 0.25) is 0 Å². The van der Waals surface area contributed by atoms with Gasteiger partial charge in [0.25, 0.3) is 0 Å². The Morgan fingerprint density at radius 1 is 1.21 bits per heavy atom. The topological polar surface area (TPSA) is 21.3 Å². The fourth-order valence-electron chi connectivity index (χ4n) is 1.60. The van der Waals surface area contributed by atoms with Gasteiger partial charge in [-0.2, -0.15) is 0 Å². The highest BCUT2D eigenvalue weighted by molar-refractivity contribution is 4.69. The standard InChI is InChI=1S/C12H27NO/c1-6-12(11(4)13-5)7-8-14-9-10(2)3/h10-13H,6-9H2,1-5H3. The van der Waals surface area contributed by atoms with E-state index in [1.807, 2.05) is 7.05 Å². The maximum absolute atomic E-state index is 5.59. The minimum absolute atomic E-state index is 0.600. The summed E-state index contributed by atoms with van der Waals surface area (Å²) in [5.41, 5.74) is 0. The molecule has 0 saturated heterocycles. The second kappa shape index (κ2) is 8.25. The minimum Gasteiger partial charge on any atom is -0.381 e. The Labute approximate surface area is 89.4 Å². The van der Waals surface area contributed by atoms with Crippen LogP contribution < -0.4 is 5.32 Å². The molecule has 0 radical (unpaired) electrons. The van der Waals surface area contributed by atoms with E-state index in [1.165, 1.54) is 12.8 Å². The molecule has 0 rings (SSSR count). The Bertz CT molecular complexity index is 125. The summed E-state index contributed by atoms with van der Waals surface area (Å²) < 4.78 is 5.59. The summed E-state index contributed by atoms with van der Waals surface area (Å²) in [7, 11) is 2.03. The molecule has 0 aliphatic heterocycles. The van der Waals surface area contributed by atoms with Crippen LogP contribution in [0.3, 0.4) is 0 Å². The smallest absolute Gasteiger partial charge is 0.0488 e. The van der Waals surface area contributed by atoms with Gasteiger partial charge in [-0.1, -0.05) is 27.2 Å². The molecule has 0 spiro atoms. The van der Waals surface area contributed by atoms with Crippen LogP contribution in [0, 0.1) is 11.8 Å². The molecule has 0 aromatic carbocycles. The zero-order valence-corrected chi connectivity index (χ0v) is 10.5. The van der Waals surface area contributed by atoms with E-state index in [1.54, 1.807) is 0 Å². The van der Waals surface area contributed by atoms with E-state index >= 15 is 0 Å². The molecule has 86 valence electrons. The van der Waals surface area contributed by atoms with Crippen molar-refractivity contribution in [3.8, 4) is 0 Å².